The van der Waals surface area contributed by atoms with Gasteiger partial charge in [-0.3, -0.25) is 4.90 Å². The van der Waals surface area contributed by atoms with Crippen LogP contribution in [0.25, 0.3) is 0 Å². The van der Waals surface area contributed by atoms with E-state index in [1.807, 2.05) is 6.07 Å². The summed E-state index contributed by atoms with van der Waals surface area (Å²) in [6, 6.07) is 3.61. The monoisotopic (exact) mass is 279 g/mol. The van der Waals surface area contributed by atoms with Gasteiger partial charge in [0, 0.05) is 38.9 Å². The van der Waals surface area contributed by atoms with E-state index in [9.17, 15) is 4.79 Å². The quantitative estimate of drug-likeness (QED) is 0.786. The topological polar surface area (TPSA) is 65.9 Å². The average Bonchev–Trinajstić information content (AvgIpc) is 2.49. The molecule has 6 heteroatoms. The molecule has 2 rings (SSSR count). The van der Waals surface area contributed by atoms with Gasteiger partial charge in [0.05, 0.1) is 18.8 Å². The molecule has 1 aromatic rings. The first-order valence-electron chi connectivity index (χ1n) is 6.96. The van der Waals surface area contributed by atoms with Crippen molar-refractivity contribution in [3.63, 3.8) is 0 Å². The number of piperazine rings is 1. The number of hydrogen-bond donors (Lipinski definition) is 1. The minimum absolute atomic E-state index is 0.201. The van der Waals surface area contributed by atoms with Crippen molar-refractivity contribution in [2.75, 3.05) is 50.8 Å². The van der Waals surface area contributed by atoms with Crippen molar-refractivity contribution in [1.29, 1.82) is 0 Å². The van der Waals surface area contributed by atoms with E-state index in [1.54, 1.807) is 19.2 Å². The van der Waals surface area contributed by atoms with E-state index in [1.165, 1.54) is 0 Å². The first kappa shape index (κ1) is 14.7. The van der Waals surface area contributed by atoms with Crippen molar-refractivity contribution >= 4 is 11.8 Å². The molecule has 0 amide bonds. The number of aliphatic hydroxyl groups excluding tert-OH is 1. The number of β-amino-alcohol motifs (C(OH)–C–C–N with tert-alkyl or cyclic N) is 1. The fourth-order valence-electron chi connectivity index (χ4n) is 2.25. The van der Waals surface area contributed by atoms with Gasteiger partial charge < -0.3 is 14.7 Å². The van der Waals surface area contributed by atoms with Crippen LogP contribution in [-0.2, 0) is 4.74 Å². The van der Waals surface area contributed by atoms with E-state index in [0.29, 0.717) is 12.2 Å². The lowest BCUT2D eigenvalue weighted by molar-refractivity contribution is 0.0526. The normalized spacial score (nSPS) is 16.2. The first-order valence-corrected chi connectivity index (χ1v) is 6.96. The molecular weight excluding hydrogens is 258 g/mol. The number of carbonyl (C=O) groups excluding carboxylic acids is 1. The Morgan fingerprint density at radius 2 is 2.10 bits per heavy atom. The molecule has 1 N–H and O–H groups in total. The van der Waals surface area contributed by atoms with E-state index in [-0.39, 0.29) is 12.6 Å². The van der Waals surface area contributed by atoms with Crippen molar-refractivity contribution < 1.29 is 14.6 Å². The third-order valence-corrected chi connectivity index (χ3v) is 3.37. The number of anilines is 1. The van der Waals surface area contributed by atoms with Gasteiger partial charge in [0.25, 0.3) is 0 Å². The van der Waals surface area contributed by atoms with E-state index in [0.717, 1.165) is 38.5 Å². The highest BCUT2D eigenvalue weighted by Crippen LogP contribution is 2.14. The Balaban J connectivity index is 1.92. The average molecular weight is 279 g/mol. The maximum Gasteiger partial charge on any atom is 0.339 e. The molecule has 1 aliphatic heterocycles. The van der Waals surface area contributed by atoms with Gasteiger partial charge in [-0.2, -0.15) is 0 Å². The molecule has 0 bridgehead atoms. The van der Waals surface area contributed by atoms with E-state index >= 15 is 0 Å². The van der Waals surface area contributed by atoms with Crippen LogP contribution >= 0.6 is 0 Å². The van der Waals surface area contributed by atoms with E-state index in [2.05, 4.69) is 14.8 Å². The van der Waals surface area contributed by atoms with Crippen LogP contribution in [0, 0.1) is 0 Å². The first-order chi connectivity index (χ1) is 9.74. The Morgan fingerprint density at radius 3 is 2.65 bits per heavy atom. The summed E-state index contributed by atoms with van der Waals surface area (Å²) in [6.45, 7) is 6.68. The van der Waals surface area contributed by atoms with Crippen LogP contribution < -0.4 is 4.90 Å². The van der Waals surface area contributed by atoms with Gasteiger partial charge >= 0.3 is 5.97 Å². The molecule has 0 spiro atoms. The third kappa shape index (κ3) is 3.68. The van der Waals surface area contributed by atoms with Crippen LogP contribution in [-0.4, -0.2) is 66.9 Å². The van der Waals surface area contributed by atoms with Crippen LogP contribution in [0.4, 0.5) is 5.82 Å². The summed E-state index contributed by atoms with van der Waals surface area (Å²) in [5, 5.41) is 8.92. The van der Waals surface area contributed by atoms with Crippen molar-refractivity contribution in [3.05, 3.63) is 23.9 Å². The SMILES string of the molecule is CCOC(=O)c1ccc(N2CCN(CCO)CC2)nc1. The van der Waals surface area contributed by atoms with Crippen molar-refractivity contribution in [2.24, 2.45) is 0 Å². The molecule has 0 aliphatic carbocycles. The largest absolute Gasteiger partial charge is 0.462 e. The molecule has 1 saturated heterocycles. The molecular formula is C14H21N3O3. The Labute approximate surface area is 119 Å². The molecule has 1 aromatic heterocycles. The maximum absolute atomic E-state index is 11.5. The number of carbonyl (C=O) groups is 1. The zero-order chi connectivity index (χ0) is 14.4. The van der Waals surface area contributed by atoms with Gasteiger partial charge in [0.15, 0.2) is 0 Å². The maximum atomic E-state index is 11.5. The van der Waals surface area contributed by atoms with Crippen LogP contribution in [0.3, 0.4) is 0 Å². The van der Waals surface area contributed by atoms with Gasteiger partial charge in [0.2, 0.25) is 0 Å². The predicted molar refractivity (Wildman–Crippen MR) is 75.9 cm³/mol. The Bertz CT molecular complexity index is 428. The summed E-state index contributed by atoms with van der Waals surface area (Å²) in [5.74, 6) is 0.543. The second kappa shape index (κ2) is 7.21. The number of hydrogen-bond acceptors (Lipinski definition) is 6. The molecule has 0 aromatic carbocycles. The lowest BCUT2D eigenvalue weighted by atomic mass is 10.2. The summed E-state index contributed by atoms with van der Waals surface area (Å²) in [7, 11) is 0. The number of aromatic nitrogens is 1. The number of pyridine rings is 1. The van der Waals surface area contributed by atoms with E-state index < -0.39 is 0 Å². The van der Waals surface area contributed by atoms with Gasteiger partial charge in [-0.25, -0.2) is 9.78 Å². The van der Waals surface area contributed by atoms with Crippen molar-refractivity contribution in [3.8, 4) is 0 Å². The van der Waals surface area contributed by atoms with Crippen molar-refractivity contribution in [1.82, 2.24) is 9.88 Å². The number of esters is 1. The minimum Gasteiger partial charge on any atom is -0.462 e. The highest BCUT2D eigenvalue weighted by atomic mass is 16.5. The van der Waals surface area contributed by atoms with Crippen LogP contribution in [0.2, 0.25) is 0 Å². The highest BCUT2D eigenvalue weighted by molar-refractivity contribution is 5.89. The van der Waals surface area contributed by atoms with Crippen LogP contribution in [0.15, 0.2) is 18.3 Å². The lowest BCUT2D eigenvalue weighted by Crippen LogP contribution is -2.47. The highest BCUT2D eigenvalue weighted by Gasteiger charge is 2.17. The Morgan fingerprint density at radius 1 is 1.35 bits per heavy atom. The molecule has 1 fully saturated rings. The number of aliphatic hydroxyl groups is 1. The van der Waals surface area contributed by atoms with Gasteiger partial charge in [-0.15, -0.1) is 0 Å². The molecule has 2 heterocycles. The number of ether oxygens (including phenoxy) is 1. The summed E-state index contributed by atoms with van der Waals surface area (Å²) in [6.07, 6.45) is 1.56. The lowest BCUT2D eigenvalue weighted by Gasteiger charge is -2.35. The fraction of sp³-hybridized carbons (Fsp3) is 0.571. The number of nitrogens with zero attached hydrogens (tertiary/aromatic N) is 3. The summed E-state index contributed by atoms with van der Waals surface area (Å²) < 4.78 is 4.93. The minimum atomic E-state index is -0.334. The van der Waals surface area contributed by atoms with Crippen molar-refractivity contribution in [2.45, 2.75) is 6.92 Å². The molecule has 0 saturated carbocycles. The molecule has 0 radical (unpaired) electrons. The van der Waals surface area contributed by atoms with Gasteiger partial charge in [-0.05, 0) is 19.1 Å². The molecule has 110 valence electrons. The summed E-state index contributed by atoms with van der Waals surface area (Å²) in [4.78, 5) is 20.3. The molecule has 0 atom stereocenters. The third-order valence-electron chi connectivity index (χ3n) is 3.37. The zero-order valence-electron chi connectivity index (χ0n) is 11.8. The second-order valence-electron chi connectivity index (χ2n) is 4.68. The van der Waals surface area contributed by atoms with Crippen LogP contribution in [0.1, 0.15) is 17.3 Å². The van der Waals surface area contributed by atoms with E-state index in [4.69, 9.17) is 9.84 Å². The standard InChI is InChI=1S/C14H21N3O3/c1-2-20-14(19)12-3-4-13(15-11-12)17-7-5-16(6-8-17)9-10-18/h3-4,11,18H,2,5-10H2,1H3. The van der Waals surface area contributed by atoms with Gasteiger partial charge in [0.1, 0.15) is 5.82 Å². The van der Waals surface area contributed by atoms with Gasteiger partial charge in [-0.1, -0.05) is 0 Å². The smallest absolute Gasteiger partial charge is 0.339 e. The molecule has 1 aliphatic rings. The number of rotatable bonds is 5. The molecule has 0 unspecified atom stereocenters. The molecule has 20 heavy (non-hydrogen) atoms. The van der Waals surface area contributed by atoms with Crippen LogP contribution in [0.5, 0.6) is 0 Å². The summed E-state index contributed by atoms with van der Waals surface area (Å²) in [5.41, 5.74) is 0.481. The Kier molecular flexibility index (Phi) is 5.31. The fourth-order valence-corrected chi connectivity index (χ4v) is 2.25. The Hall–Kier alpha value is -1.66. The summed E-state index contributed by atoms with van der Waals surface area (Å²) >= 11 is 0. The zero-order valence-corrected chi connectivity index (χ0v) is 11.8. The molecule has 6 nitrogen and oxygen atoms in total. The second-order valence-corrected chi connectivity index (χ2v) is 4.68. The predicted octanol–water partition coefficient (Wildman–Crippen LogP) is 0.373.